The highest BCUT2D eigenvalue weighted by Crippen LogP contribution is 2.38. The number of hydrogen-bond donors (Lipinski definition) is 0. The van der Waals surface area contributed by atoms with Crippen molar-refractivity contribution < 1.29 is 33.3 Å². The number of carbonyl (C=O) groups is 3. The molecule has 1 fully saturated rings. The second-order valence-corrected chi connectivity index (χ2v) is 7.26. The van der Waals surface area contributed by atoms with Crippen LogP contribution in [0.2, 0.25) is 10.4 Å². The Labute approximate surface area is 185 Å². The molecule has 0 amide bonds. The molecule has 1 aliphatic heterocycles. The highest BCUT2D eigenvalue weighted by atomic mass is 35.5. The summed E-state index contributed by atoms with van der Waals surface area (Å²) in [4.78, 5) is 42.7. The van der Waals surface area contributed by atoms with Gasteiger partial charge >= 0.3 is 17.9 Å². The molecule has 3 rings (SSSR count). The molecule has 0 aromatic carbocycles. The Hall–Kier alpha value is -2.94. The monoisotopic (exact) mass is 470 g/mol. The molecular formula is C18H16Cl2N4O7. The quantitative estimate of drug-likeness (QED) is 0.275. The van der Waals surface area contributed by atoms with E-state index < -0.39 is 42.4 Å². The lowest BCUT2D eigenvalue weighted by Crippen LogP contribution is -2.40. The number of esters is 3. The highest BCUT2D eigenvalue weighted by molar-refractivity contribution is 6.36. The largest absolute Gasteiger partial charge is 0.463 e. The summed E-state index contributed by atoms with van der Waals surface area (Å²) in [5.74, 6) is -1.92. The summed E-state index contributed by atoms with van der Waals surface area (Å²) < 4.78 is 23.0. The zero-order valence-corrected chi connectivity index (χ0v) is 18.0. The SMILES string of the molecule is CC(=O)OC[C@H]1O[C@@H](n2cc(C#N)c3c(Cl)nc(Cl)nc32)[C@@H](OC(C)=O)[C@@H]1OC(C)=O. The van der Waals surface area contributed by atoms with E-state index in [1.165, 1.54) is 31.5 Å². The zero-order valence-electron chi connectivity index (χ0n) is 16.5. The maximum Gasteiger partial charge on any atom is 0.303 e. The maximum atomic E-state index is 11.8. The van der Waals surface area contributed by atoms with Crippen LogP contribution in [-0.2, 0) is 33.3 Å². The fraction of sp³-hybridized carbons (Fsp3) is 0.444. The minimum absolute atomic E-state index is 0.0552. The van der Waals surface area contributed by atoms with E-state index in [2.05, 4.69) is 9.97 Å². The number of carbonyl (C=O) groups excluding carboxylic acids is 3. The molecular weight excluding hydrogens is 455 g/mol. The smallest absolute Gasteiger partial charge is 0.303 e. The van der Waals surface area contributed by atoms with E-state index in [1.54, 1.807) is 0 Å². The van der Waals surface area contributed by atoms with Crippen molar-refractivity contribution in [2.45, 2.75) is 45.3 Å². The van der Waals surface area contributed by atoms with Crippen LogP contribution in [0, 0.1) is 11.3 Å². The second kappa shape index (κ2) is 9.05. The van der Waals surface area contributed by atoms with Gasteiger partial charge in [-0.3, -0.25) is 14.4 Å². The Kier molecular flexibility index (Phi) is 6.64. The van der Waals surface area contributed by atoms with E-state index in [9.17, 15) is 19.6 Å². The Morgan fingerprint density at radius 2 is 1.77 bits per heavy atom. The summed E-state index contributed by atoms with van der Waals surface area (Å²) in [7, 11) is 0. The molecule has 0 saturated carbocycles. The summed E-state index contributed by atoms with van der Waals surface area (Å²) in [5, 5.41) is 9.48. The van der Waals surface area contributed by atoms with Crippen LogP contribution >= 0.6 is 23.2 Å². The number of rotatable bonds is 5. The van der Waals surface area contributed by atoms with Crippen molar-refractivity contribution in [2.75, 3.05) is 6.61 Å². The lowest BCUT2D eigenvalue weighted by Gasteiger charge is -2.24. The van der Waals surface area contributed by atoms with Gasteiger partial charge in [-0.05, 0) is 11.6 Å². The van der Waals surface area contributed by atoms with Crippen molar-refractivity contribution >= 4 is 52.1 Å². The Bertz CT molecular complexity index is 1100. The Balaban J connectivity index is 2.13. The molecule has 0 spiro atoms. The summed E-state index contributed by atoms with van der Waals surface area (Å²) >= 11 is 12.1. The molecule has 1 aliphatic rings. The predicted octanol–water partition coefficient (Wildman–Crippen LogP) is 1.93. The summed E-state index contributed by atoms with van der Waals surface area (Å²) in [6, 6.07) is 1.98. The topological polar surface area (TPSA) is 143 Å². The second-order valence-electron chi connectivity index (χ2n) is 6.56. The fourth-order valence-electron chi connectivity index (χ4n) is 3.28. The van der Waals surface area contributed by atoms with Crippen LogP contribution in [0.1, 0.15) is 32.6 Å². The summed E-state index contributed by atoms with van der Waals surface area (Å²) in [6.45, 7) is 3.27. The molecule has 2 aromatic rings. The molecule has 4 atom stereocenters. The molecule has 0 N–H and O–H groups in total. The van der Waals surface area contributed by atoms with E-state index in [-0.39, 0.29) is 33.6 Å². The molecule has 0 bridgehead atoms. The fourth-order valence-corrected chi connectivity index (χ4v) is 3.75. The van der Waals surface area contributed by atoms with Gasteiger partial charge in [0.2, 0.25) is 5.28 Å². The lowest BCUT2D eigenvalue weighted by atomic mass is 10.1. The van der Waals surface area contributed by atoms with E-state index >= 15 is 0 Å². The summed E-state index contributed by atoms with van der Waals surface area (Å²) in [6.07, 6.45) is -2.97. The Morgan fingerprint density at radius 1 is 1.13 bits per heavy atom. The van der Waals surface area contributed by atoms with Crippen molar-refractivity contribution in [3.63, 3.8) is 0 Å². The first-order valence-corrected chi connectivity index (χ1v) is 9.65. The molecule has 0 unspecified atom stereocenters. The third-order valence-corrected chi connectivity index (χ3v) is 4.78. The highest BCUT2D eigenvalue weighted by Gasteiger charge is 2.51. The summed E-state index contributed by atoms with van der Waals surface area (Å²) in [5.41, 5.74) is 0.257. The van der Waals surface area contributed by atoms with Crippen LogP contribution in [0.5, 0.6) is 0 Å². The minimum Gasteiger partial charge on any atom is -0.463 e. The minimum atomic E-state index is -1.16. The Morgan fingerprint density at radius 3 is 2.35 bits per heavy atom. The van der Waals surface area contributed by atoms with Gasteiger partial charge in [0, 0.05) is 27.0 Å². The molecule has 0 aliphatic carbocycles. The predicted molar refractivity (Wildman–Crippen MR) is 104 cm³/mol. The molecule has 1 saturated heterocycles. The van der Waals surface area contributed by atoms with Gasteiger partial charge in [0.15, 0.2) is 18.4 Å². The van der Waals surface area contributed by atoms with Crippen molar-refractivity contribution in [2.24, 2.45) is 0 Å². The molecule has 3 heterocycles. The van der Waals surface area contributed by atoms with E-state index in [0.29, 0.717) is 0 Å². The number of halogens is 2. The molecule has 2 aromatic heterocycles. The normalized spacial score (nSPS) is 22.7. The van der Waals surface area contributed by atoms with Gasteiger partial charge in [0.25, 0.3) is 0 Å². The first-order valence-electron chi connectivity index (χ1n) is 8.89. The molecule has 13 heteroatoms. The standard InChI is InChI=1S/C18H16Cl2N4O7/c1-7(25)28-6-11-13(29-8(2)26)14(30-9(3)27)17(31-11)24-5-10(4-21)12-15(19)22-18(20)23-16(12)24/h5,11,13-14,17H,6H2,1-3H3/t11-,13-,14+,17-/m1/s1. The molecule has 0 radical (unpaired) electrons. The maximum absolute atomic E-state index is 11.8. The van der Waals surface area contributed by atoms with Gasteiger partial charge < -0.3 is 23.5 Å². The van der Waals surface area contributed by atoms with Gasteiger partial charge in [-0.25, -0.2) is 4.98 Å². The molecule has 164 valence electrons. The van der Waals surface area contributed by atoms with Gasteiger partial charge in [0.05, 0.1) is 10.9 Å². The van der Waals surface area contributed by atoms with Crippen LogP contribution < -0.4 is 0 Å². The van der Waals surface area contributed by atoms with Crippen molar-refractivity contribution in [3.8, 4) is 6.07 Å². The van der Waals surface area contributed by atoms with E-state index in [1.807, 2.05) is 6.07 Å². The van der Waals surface area contributed by atoms with E-state index in [0.717, 1.165) is 0 Å². The van der Waals surface area contributed by atoms with Crippen LogP contribution in [-0.4, -0.2) is 57.4 Å². The first kappa shape index (κ1) is 22.7. The number of nitriles is 1. The van der Waals surface area contributed by atoms with Crippen LogP contribution in [0.4, 0.5) is 0 Å². The van der Waals surface area contributed by atoms with Gasteiger partial charge in [0.1, 0.15) is 29.6 Å². The van der Waals surface area contributed by atoms with Crippen LogP contribution in [0.3, 0.4) is 0 Å². The lowest BCUT2D eigenvalue weighted by molar-refractivity contribution is -0.166. The van der Waals surface area contributed by atoms with Crippen molar-refractivity contribution in [1.82, 2.24) is 14.5 Å². The first-order chi connectivity index (χ1) is 14.6. The van der Waals surface area contributed by atoms with Crippen molar-refractivity contribution in [3.05, 3.63) is 22.2 Å². The number of nitrogens with zero attached hydrogens (tertiary/aromatic N) is 4. The average Bonchev–Trinajstić information content (AvgIpc) is 3.18. The molecule has 31 heavy (non-hydrogen) atoms. The number of fused-ring (bicyclic) bond motifs is 1. The van der Waals surface area contributed by atoms with Gasteiger partial charge in [-0.15, -0.1) is 0 Å². The third-order valence-electron chi connectivity index (χ3n) is 4.34. The van der Waals surface area contributed by atoms with Gasteiger partial charge in [-0.1, -0.05) is 11.6 Å². The van der Waals surface area contributed by atoms with Crippen molar-refractivity contribution in [1.29, 1.82) is 5.26 Å². The zero-order chi connectivity index (χ0) is 22.9. The third kappa shape index (κ3) is 4.71. The number of hydrogen-bond acceptors (Lipinski definition) is 10. The van der Waals surface area contributed by atoms with Crippen LogP contribution in [0.15, 0.2) is 6.20 Å². The average molecular weight is 471 g/mol. The van der Waals surface area contributed by atoms with Gasteiger partial charge in [-0.2, -0.15) is 10.2 Å². The van der Waals surface area contributed by atoms with Crippen LogP contribution in [0.25, 0.3) is 11.0 Å². The number of ether oxygens (including phenoxy) is 4. The molecule has 11 nitrogen and oxygen atoms in total. The number of aromatic nitrogens is 3. The van der Waals surface area contributed by atoms with E-state index in [4.69, 9.17) is 42.1 Å².